The van der Waals surface area contributed by atoms with Crippen LogP contribution < -0.4 is 0 Å². The maximum Gasteiger partial charge on any atom is 0.335 e. The maximum atomic E-state index is 11.4. The Morgan fingerprint density at radius 2 is 1.21 bits per heavy atom. The van der Waals surface area contributed by atoms with Crippen molar-refractivity contribution in [2.75, 3.05) is 19.8 Å². The van der Waals surface area contributed by atoms with Gasteiger partial charge in [0.2, 0.25) is 0 Å². The smallest absolute Gasteiger partial charge is 0.335 e. The number of rotatable bonds is 21. The number of aliphatic carboxylic acids is 1. The van der Waals surface area contributed by atoms with Gasteiger partial charge in [0.15, 0.2) is 6.10 Å². The van der Waals surface area contributed by atoms with Crippen molar-refractivity contribution in [1.29, 1.82) is 0 Å². The highest BCUT2D eigenvalue weighted by atomic mass is 16.5. The molecule has 7 heteroatoms. The van der Waals surface area contributed by atoms with E-state index in [2.05, 4.69) is 13.8 Å². The Morgan fingerprint density at radius 1 is 0.724 bits per heavy atom. The van der Waals surface area contributed by atoms with Gasteiger partial charge in [-0.3, -0.25) is 0 Å². The van der Waals surface area contributed by atoms with Crippen LogP contribution in [0.1, 0.15) is 90.9 Å². The van der Waals surface area contributed by atoms with E-state index < -0.39 is 30.4 Å². The van der Waals surface area contributed by atoms with Crippen LogP contribution in [-0.2, 0) is 14.3 Å². The van der Waals surface area contributed by atoms with Crippen molar-refractivity contribution < 1.29 is 34.7 Å². The van der Waals surface area contributed by atoms with Crippen molar-refractivity contribution in [2.24, 2.45) is 0 Å². The summed E-state index contributed by atoms with van der Waals surface area (Å²) in [6.07, 6.45) is 6.63. The van der Waals surface area contributed by atoms with Gasteiger partial charge in [0.05, 0.1) is 6.61 Å². The lowest BCUT2D eigenvalue weighted by Gasteiger charge is -2.27. The summed E-state index contributed by atoms with van der Waals surface area (Å²) in [6, 6.07) is 0. The van der Waals surface area contributed by atoms with Crippen LogP contribution in [0.3, 0.4) is 0 Å². The number of carboxylic acid groups (broad SMARTS) is 1. The Hall–Kier alpha value is -0.730. The van der Waals surface area contributed by atoms with E-state index in [0.29, 0.717) is 13.0 Å². The Kier molecular flexibility index (Phi) is 18.8. The third-order valence-corrected chi connectivity index (χ3v) is 5.02. The van der Waals surface area contributed by atoms with Crippen molar-refractivity contribution in [3.05, 3.63) is 0 Å². The molecule has 0 heterocycles. The number of unbranched alkanes of at least 4 members (excludes halogenated alkanes) is 10. The average Bonchev–Trinajstić information content (AvgIpc) is 2.70. The summed E-state index contributed by atoms with van der Waals surface area (Å²) in [4.78, 5) is 11.4. The van der Waals surface area contributed by atoms with E-state index in [4.69, 9.17) is 9.47 Å². The Balaban J connectivity index is 4.07. The molecule has 0 radical (unpaired) electrons. The zero-order valence-corrected chi connectivity index (χ0v) is 18.4. The van der Waals surface area contributed by atoms with Gasteiger partial charge in [0.25, 0.3) is 0 Å². The summed E-state index contributed by atoms with van der Waals surface area (Å²) >= 11 is 0. The molecule has 0 aliphatic carbocycles. The second kappa shape index (κ2) is 19.2. The minimum absolute atomic E-state index is 0.158. The van der Waals surface area contributed by atoms with Crippen LogP contribution in [0.2, 0.25) is 0 Å². The number of hydrogen-bond donors (Lipinski definition) is 4. The molecule has 0 rings (SSSR count). The number of ether oxygens (including phenoxy) is 2. The van der Waals surface area contributed by atoms with Crippen molar-refractivity contribution in [1.82, 2.24) is 0 Å². The van der Waals surface area contributed by atoms with Gasteiger partial charge in [-0.25, -0.2) is 4.79 Å². The SMILES string of the molecule is CCCCCCCCCCOC(C(=O)O)C(O)C(O)C(O)COCCCCCC. The normalized spacial score (nSPS) is 15.8. The van der Waals surface area contributed by atoms with Gasteiger partial charge in [0, 0.05) is 13.2 Å². The highest BCUT2D eigenvalue weighted by Crippen LogP contribution is 2.12. The molecular formula is C22H44O7. The lowest BCUT2D eigenvalue weighted by Crippen LogP contribution is -2.50. The second-order valence-electron chi connectivity index (χ2n) is 7.79. The molecule has 0 spiro atoms. The zero-order chi connectivity index (χ0) is 21.9. The largest absolute Gasteiger partial charge is 0.479 e. The van der Waals surface area contributed by atoms with Crippen molar-refractivity contribution in [2.45, 2.75) is 115 Å². The van der Waals surface area contributed by atoms with E-state index in [-0.39, 0.29) is 13.2 Å². The first kappa shape index (κ1) is 28.3. The Morgan fingerprint density at radius 3 is 1.76 bits per heavy atom. The molecule has 29 heavy (non-hydrogen) atoms. The summed E-state index contributed by atoms with van der Waals surface area (Å²) in [6.45, 7) is 4.78. The molecule has 0 aliphatic rings. The second-order valence-corrected chi connectivity index (χ2v) is 7.79. The first-order valence-corrected chi connectivity index (χ1v) is 11.4. The molecule has 0 aromatic carbocycles. The number of carbonyl (C=O) groups is 1. The first-order chi connectivity index (χ1) is 14.0. The van der Waals surface area contributed by atoms with Crippen LogP contribution in [0.4, 0.5) is 0 Å². The van der Waals surface area contributed by atoms with Gasteiger partial charge in [-0.1, -0.05) is 78.1 Å². The van der Waals surface area contributed by atoms with Gasteiger partial charge in [-0.2, -0.15) is 0 Å². The summed E-state index contributed by atoms with van der Waals surface area (Å²) in [5.41, 5.74) is 0. The predicted molar refractivity (Wildman–Crippen MR) is 113 cm³/mol. The standard InChI is InChI=1S/C22H44O7/c1-3-5-7-9-10-11-12-14-16-29-21(22(26)27)20(25)19(24)18(23)17-28-15-13-8-6-4-2/h18-21,23-25H,3-17H2,1-2H3,(H,26,27). The summed E-state index contributed by atoms with van der Waals surface area (Å²) in [7, 11) is 0. The molecule has 0 aromatic heterocycles. The first-order valence-electron chi connectivity index (χ1n) is 11.4. The fraction of sp³-hybridized carbons (Fsp3) is 0.955. The molecule has 0 amide bonds. The number of hydrogen-bond acceptors (Lipinski definition) is 6. The van der Waals surface area contributed by atoms with Gasteiger partial charge in [-0.15, -0.1) is 0 Å². The Bertz CT molecular complexity index is 378. The lowest BCUT2D eigenvalue weighted by atomic mass is 10.0. The van der Waals surface area contributed by atoms with Crippen LogP contribution in [0.5, 0.6) is 0 Å². The summed E-state index contributed by atoms with van der Waals surface area (Å²) in [5.74, 6) is -1.36. The van der Waals surface area contributed by atoms with E-state index >= 15 is 0 Å². The summed E-state index contributed by atoms with van der Waals surface area (Å²) < 4.78 is 10.6. The number of aliphatic hydroxyl groups excluding tert-OH is 3. The van der Waals surface area contributed by atoms with E-state index in [0.717, 1.165) is 44.9 Å². The predicted octanol–water partition coefficient (Wildman–Crippen LogP) is 3.28. The molecule has 4 unspecified atom stereocenters. The zero-order valence-electron chi connectivity index (χ0n) is 18.4. The minimum Gasteiger partial charge on any atom is -0.479 e. The Labute approximate surface area is 176 Å². The maximum absolute atomic E-state index is 11.4. The highest BCUT2D eigenvalue weighted by molar-refractivity contribution is 5.73. The van der Waals surface area contributed by atoms with Gasteiger partial charge >= 0.3 is 5.97 Å². The van der Waals surface area contributed by atoms with Gasteiger partial charge in [0.1, 0.15) is 18.3 Å². The molecule has 0 aliphatic heterocycles. The van der Waals surface area contributed by atoms with E-state index in [1.807, 2.05) is 0 Å². The molecule has 4 N–H and O–H groups in total. The molecule has 0 aromatic rings. The van der Waals surface area contributed by atoms with E-state index in [9.17, 15) is 25.2 Å². The van der Waals surface area contributed by atoms with Crippen molar-refractivity contribution >= 4 is 5.97 Å². The van der Waals surface area contributed by atoms with Crippen LogP contribution in [0, 0.1) is 0 Å². The summed E-state index contributed by atoms with van der Waals surface area (Å²) in [5, 5.41) is 39.5. The molecule has 0 bridgehead atoms. The molecule has 174 valence electrons. The van der Waals surface area contributed by atoms with Crippen LogP contribution in [0.15, 0.2) is 0 Å². The van der Waals surface area contributed by atoms with Crippen LogP contribution in [0.25, 0.3) is 0 Å². The molecule has 0 saturated carbocycles. The third-order valence-electron chi connectivity index (χ3n) is 5.02. The topological polar surface area (TPSA) is 116 Å². The number of aliphatic hydroxyl groups is 3. The quantitative estimate of drug-likeness (QED) is 0.211. The van der Waals surface area contributed by atoms with Crippen LogP contribution >= 0.6 is 0 Å². The number of carboxylic acids is 1. The van der Waals surface area contributed by atoms with Gasteiger partial charge in [-0.05, 0) is 12.8 Å². The molecular weight excluding hydrogens is 376 g/mol. The molecule has 0 saturated heterocycles. The van der Waals surface area contributed by atoms with Crippen molar-refractivity contribution in [3.63, 3.8) is 0 Å². The van der Waals surface area contributed by atoms with Crippen molar-refractivity contribution in [3.8, 4) is 0 Å². The van der Waals surface area contributed by atoms with Gasteiger partial charge < -0.3 is 29.9 Å². The minimum atomic E-state index is -1.72. The fourth-order valence-electron chi connectivity index (χ4n) is 3.10. The highest BCUT2D eigenvalue weighted by Gasteiger charge is 2.36. The fourth-order valence-corrected chi connectivity index (χ4v) is 3.10. The third kappa shape index (κ3) is 14.8. The molecule has 7 nitrogen and oxygen atoms in total. The monoisotopic (exact) mass is 420 g/mol. The molecule has 0 fully saturated rings. The molecule has 4 atom stereocenters. The van der Waals surface area contributed by atoms with E-state index in [1.165, 1.54) is 25.7 Å². The van der Waals surface area contributed by atoms with E-state index in [1.54, 1.807) is 0 Å². The van der Waals surface area contributed by atoms with Crippen LogP contribution in [-0.4, -0.2) is 70.6 Å². The lowest BCUT2D eigenvalue weighted by molar-refractivity contribution is -0.173. The average molecular weight is 421 g/mol.